The molecule has 2 aliphatic rings. The molecular formula is C22H44N4O2. The second-order valence-electron chi connectivity index (χ2n) is 8.66. The van der Waals surface area contributed by atoms with Gasteiger partial charge >= 0.3 is 0 Å². The van der Waals surface area contributed by atoms with Crippen LogP contribution in [0.1, 0.15) is 59.3 Å². The molecule has 2 N–H and O–H groups in total. The van der Waals surface area contributed by atoms with E-state index >= 15 is 0 Å². The highest BCUT2D eigenvalue weighted by atomic mass is 16.5. The molecule has 0 aromatic carbocycles. The summed E-state index contributed by atoms with van der Waals surface area (Å²) in [7, 11) is 0. The molecular weight excluding hydrogens is 352 g/mol. The van der Waals surface area contributed by atoms with Gasteiger partial charge < -0.3 is 20.1 Å². The maximum Gasteiger partial charge on any atom is 0.191 e. The zero-order valence-corrected chi connectivity index (χ0v) is 18.5. The van der Waals surface area contributed by atoms with Gasteiger partial charge in [0.1, 0.15) is 0 Å². The molecule has 28 heavy (non-hydrogen) atoms. The Morgan fingerprint density at radius 1 is 1.18 bits per heavy atom. The van der Waals surface area contributed by atoms with Crippen LogP contribution in [-0.2, 0) is 9.47 Å². The monoisotopic (exact) mass is 396 g/mol. The number of nitrogens with zero attached hydrogens (tertiary/aromatic N) is 2. The Bertz CT molecular complexity index is 419. The molecule has 6 nitrogen and oxygen atoms in total. The normalized spacial score (nSPS) is 20.6. The van der Waals surface area contributed by atoms with Gasteiger partial charge in [0.05, 0.1) is 6.54 Å². The zero-order chi connectivity index (χ0) is 20.0. The third-order valence-electron chi connectivity index (χ3n) is 5.66. The van der Waals surface area contributed by atoms with Gasteiger partial charge in [-0.1, -0.05) is 13.8 Å². The van der Waals surface area contributed by atoms with Crippen LogP contribution < -0.4 is 10.6 Å². The van der Waals surface area contributed by atoms with Crippen molar-refractivity contribution in [3.8, 4) is 0 Å². The maximum atomic E-state index is 5.86. The SMILES string of the molecule is CCNC(=NCC(CC(C)C)N1CCCC1)NCCCOCC1CCOCC1. The Morgan fingerprint density at radius 2 is 1.93 bits per heavy atom. The van der Waals surface area contributed by atoms with Crippen molar-refractivity contribution in [1.82, 2.24) is 15.5 Å². The lowest BCUT2D eigenvalue weighted by Gasteiger charge is -2.28. The van der Waals surface area contributed by atoms with Gasteiger partial charge in [-0.15, -0.1) is 0 Å². The standard InChI is InChI=1S/C22H44N4O2/c1-4-23-22(24-10-7-13-28-18-20-8-14-27-15-9-20)25-17-21(16-19(2)3)26-11-5-6-12-26/h19-21H,4-18H2,1-3H3,(H2,23,24,25). The molecule has 0 saturated carbocycles. The van der Waals surface area contributed by atoms with Gasteiger partial charge in [0.2, 0.25) is 0 Å². The fourth-order valence-corrected chi connectivity index (χ4v) is 4.07. The number of nitrogens with one attached hydrogen (secondary N) is 2. The van der Waals surface area contributed by atoms with Crippen molar-refractivity contribution in [2.75, 3.05) is 59.2 Å². The molecule has 2 rings (SSSR count). The van der Waals surface area contributed by atoms with Crippen molar-refractivity contribution in [2.24, 2.45) is 16.8 Å². The first-order valence-corrected chi connectivity index (χ1v) is 11.6. The average Bonchev–Trinajstić information content (AvgIpc) is 3.22. The molecule has 2 heterocycles. The van der Waals surface area contributed by atoms with E-state index in [1.807, 2.05) is 0 Å². The van der Waals surface area contributed by atoms with Crippen LogP contribution in [-0.4, -0.2) is 76.1 Å². The molecule has 0 aromatic rings. The van der Waals surface area contributed by atoms with Crippen LogP contribution in [0.15, 0.2) is 4.99 Å². The smallest absolute Gasteiger partial charge is 0.191 e. The first kappa shape index (κ1) is 23.4. The van der Waals surface area contributed by atoms with Crippen molar-refractivity contribution in [2.45, 2.75) is 65.3 Å². The van der Waals surface area contributed by atoms with Crippen LogP contribution in [0, 0.1) is 11.8 Å². The minimum absolute atomic E-state index is 0.570. The van der Waals surface area contributed by atoms with E-state index < -0.39 is 0 Å². The van der Waals surface area contributed by atoms with E-state index in [-0.39, 0.29) is 0 Å². The minimum Gasteiger partial charge on any atom is -0.381 e. The molecule has 2 saturated heterocycles. The van der Waals surface area contributed by atoms with E-state index in [0.717, 1.165) is 71.3 Å². The first-order chi connectivity index (χ1) is 13.7. The van der Waals surface area contributed by atoms with E-state index in [9.17, 15) is 0 Å². The maximum absolute atomic E-state index is 5.86. The van der Waals surface area contributed by atoms with Gasteiger partial charge in [-0.25, -0.2) is 0 Å². The number of hydrogen-bond acceptors (Lipinski definition) is 4. The van der Waals surface area contributed by atoms with Gasteiger partial charge in [-0.05, 0) is 70.4 Å². The van der Waals surface area contributed by atoms with Crippen LogP contribution in [0.5, 0.6) is 0 Å². The van der Waals surface area contributed by atoms with E-state index in [1.54, 1.807) is 0 Å². The molecule has 0 amide bonds. The summed E-state index contributed by atoms with van der Waals surface area (Å²) < 4.78 is 11.3. The van der Waals surface area contributed by atoms with Gasteiger partial charge in [-0.2, -0.15) is 0 Å². The molecule has 1 unspecified atom stereocenters. The summed E-state index contributed by atoms with van der Waals surface area (Å²) in [6, 6.07) is 0.570. The third kappa shape index (κ3) is 9.57. The Hall–Kier alpha value is -0.850. The van der Waals surface area contributed by atoms with Crippen molar-refractivity contribution < 1.29 is 9.47 Å². The lowest BCUT2D eigenvalue weighted by atomic mass is 10.0. The lowest BCUT2D eigenvalue weighted by molar-refractivity contribution is 0.0203. The van der Waals surface area contributed by atoms with Crippen molar-refractivity contribution in [3.63, 3.8) is 0 Å². The topological polar surface area (TPSA) is 58.1 Å². The summed E-state index contributed by atoms with van der Waals surface area (Å²) in [4.78, 5) is 7.54. The van der Waals surface area contributed by atoms with Gasteiger partial charge in [-0.3, -0.25) is 9.89 Å². The van der Waals surface area contributed by atoms with Crippen molar-refractivity contribution in [3.05, 3.63) is 0 Å². The predicted molar refractivity (Wildman–Crippen MR) is 117 cm³/mol. The largest absolute Gasteiger partial charge is 0.381 e. The quantitative estimate of drug-likeness (QED) is 0.302. The number of ether oxygens (including phenoxy) is 2. The van der Waals surface area contributed by atoms with Crippen molar-refractivity contribution in [1.29, 1.82) is 0 Å². The van der Waals surface area contributed by atoms with Crippen LogP contribution in [0.4, 0.5) is 0 Å². The fraction of sp³-hybridized carbons (Fsp3) is 0.955. The number of hydrogen-bond donors (Lipinski definition) is 2. The summed E-state index contributed by atoms with van der Waals surface area (Å²) in [6.45, 7) is 15.4. The highest BCUT2D eigenvalue weighted by Crippen LogP contribution is 2.18. The Kier molecular flexibility index (Phi) is 11.9. The number of aliphatic imine (C=N–C) groups is 1. The van der Waals surface area contributed by atoms with Gasteiger partial charge in [0.15, 0.2) is 5.96 Å². The highest BCUT2D eigenvalue weighted by molar-refractivity contribution is 5.79. The fourth-order valence-electron chi connectivity index (χ4n) is 4.07. The summed E-state index contributed by atoms with van der Waals surface area (Å²) in [5, 5.41) is 6.87. The second kappa shape index (κ2) is 14.2. The Labute approximate surface area is 172 Å². The summed E-state index contributed by atoms with van der Waals surface area (Å²) in [5.74, 6) is 2.34. The van der Waals surface area contributed by atoms with Crippen LogP contribution in [0.2, 0.25) is 0 Å². The molecule has 0 aliphatic carbocycles. The van der Waals surface area contributed by atoms with E-state index in [0.29, 0.717) is 17.9 Å². The summed E-state index contributed by atoms with van der Waals surface area (Å²) in [5.41, 5.74) is 0. The highest BCUT2D eigenvalue weighted by Gasteiger charge is 2.22. The Morgan fingerprint density at radius 3 is 2.61 bits per heavy atom. The third-order valence-corrected chi connectivity index (χ3v) is 5.66. The molecule has 0 aromatic heterocycles. The van der Waals surface area contributed by atoms with E-state index in [4.69, 9.17) is 14.5 Å². The van der Waals surface area contributed by atoms with Gasteiger partial charge in [0.25, 0.3) is 0 Å². The Balaban J connectivity index is 1.66. The van der Waals surface area contributed by atoms with Crippen LogP contribution >= 0.6 is 0 Å². The number of rotatable bonds is 12. The summed E-state index contributed by atoms with van der Waals surface area (Å²) >= 11 is 0. The average molecular weight is 397 g/mol. The molecule has 0 spiro atoms. The van der Waals surface area contributed by atoms with Crippen LogP contribution in [0.3, 0.4) is 0 Å². The van der Waals surface area contributed by atoms with E-state index in [2.05, 4.69) is 36.3 Å². The number of guanidine groups is 1. The van der Waals surface area contributed by atoms with Crippen molar-refractivity contribution >= 4 is 5.96 Å². The molecule has 1 atom stereocenters. The number of likely N-dealkylation sites (tertiary alicyclic amines) is 1. The molecule has 2 fully saturated rings. The van der Waals surface area contributed by atoms with Crippen LogP contribution in [0.25, 0.3) is 0 Å². The van der Waals surface area contributed by atoms with E-state index in [1.165, 1.54) is 32.4 Å². The second-order valence-corrected chi connectivity index (χ2v) is 8.66. The molecule has 6 heteroatoms. The van der Waals surface area contributed by atoms with Gasteiger partial charge in [0, 0.05) is 45.6 Å². The zero-order valence-electron chi connectivity index (χ0n) is 18.5. The molecule has 2 aliphatic heterocycles. The molecule has 0 radical (unpaired) electrons. The first-order valence-electron chi connectivity index (χ1n) is 11.6. The molecule has 0 bridgehead atoms. The lowest BCUT2D eigenvalue weighted by Crippen LogP contribution is -2.41. The molecule has 164 valence electrons. The predicted octanol–water partition coefficient (Wildman–Crippen LogP) is 2.89. The minimum atomic E-state index is 0.570. The summed E-state index contributed by atoms with van der Waals surface area (Å²) in [6.07, 6.45) is 7.20.